The molecule has 2 aromatic rings. The lowest BCUT2D eigenvalue weighted by Crippen LogP contribution is -2.49. The summed E-state index contributed by atoms with van der Waals surface area (Å²) in [5.74, 6) is -4.14. The Labute approximate surface area is 181 Å². The molecule has 1 amide bonds. The van der Waals surface area contributed by atoms with Gasteiger partial charge in [0.25, 0.3) is 5.91 Å². The number of nitrogens with zero attached hydrogens (tertiary/aromatic N) is 3. The summed E-state index contributed by atoms with van der Waals surface area (Å²) in [6.45, 7) is 2.82. The molecule has 0 unspecified atom stereocenters. The number of hydrogen-bond donors (Lipinski definition) is 3. The minimum absolute atomic E-state index is 0.0235. The molecule has 31 heavy (non-hydrogen) atoms. The van der Waals surface area contributed by atoms with Gasteiger partial charge in [0.05, 0.1) is 30.7 Å². The molecule has 0 bridgehead atoms. The topological polar surface area (TPSA) is 119 Å². The average Bonchev–Trinajstić information content (AvgIpc) is 3.21. The Hall–Kier alpha value is -2.50. The van der Waals surface area contributed by atoms with Gasteiger partial charge in [-0.3, -0.25) is 4.79 Å². The second-order valence-corrected chi connectivity index (χ2v) is 9.23. The number of nitrogens with one attached hydrogen (secondary N) is 1. The highest BCUT2D eigenvalue weighted by Crippen LogP contribution is 2.47. The molecule has 8 nitrogen and oxygen atoms in total. The minimum Gasteiger partial charge on any atom is -0.381 e. The Kier molecular flexibility index (Phi) is 4.79. The van der Waals surface area contributed by atoms with Crippen LogP contribution in [0.5, 0.6) is 0 Å². The van der Waals surface area contributed by atoms with E-state index in [0.717, 1.165) is 37.7 Å². The Morgan fingerprint density at radius 3 is 2.74 bits per heavy atom. The van der Waals surface area contributed by atoms with Gasteiger partial charge in [-0.2, -0.15) is 8.78 Å². The first-order valence-corrected chi connectivity index (χ1v) is 10.8. The lowest BCUT2D eigenvalue weighted by atomic mass is 9.75. The van der Waals surface area contributed by atoms with Crippen LogP contribution >= 0.6 is 11.8 Å². The third-order valence-corrected chi connectivity index (χ3v) is 7.46. The Balaban J connectivity index is 1.34. The fourth-order valence-corrected chi connectivity index (χ4v) is 5.40. The van der Waals surface area contributed by atoms with Crippen molar-refractivity contribution in [1.29, 1.82) is 0 Å². The highest BCUT2D eigenvalue weighted by molar-refractivity contribution is 7.99. The maximum atomic E-state index is 14.3. The van der Waals surface area contributed by atoms with Gasteiger partial charge in [-0.1, -0.05) is 17.8 Å². The van der Waals surface area contributed by atoms with Crippen LogP contribution < -0.4 is 21.7 Å². The summed E-state index contributed by atoms with van der Waals surface area (Å²) in [5, 5.41) is 2.52. The van der Waals surface area contributed by atoms with Crippen molar-refractivity contribution >= 4 is 35.0 Å². The van der Waals surface area contributed by atoms with E-state index in [-0.39, 0.29) is 33.4 Å². The Bertz CT molecular complexity index is 1040. The van der Waals surface area contributed by atoms with Crippen molar-refractivity contribution in [1.82, 2.24) is 9.97 Å². The number of rotatable bonds is 3. The van der Waals surface area contributed by atoms with Crippen LogP contribution in [0.15, 0.2) is 34.3 Å². The number of carbonyl (C=O) groups is 1. The van der Waals surface area contributed by atoms with Crippen molar-refractivity contribution in [2.45, 2.75) is 34.7 Å². The molecule has 2 fully saturated rings. The number of hydrogen-bond acceptors (Lipinski definition) is 8. The van der Waals surface area contributed by atoms with Gasteiger partial charge in [-0.05, 0) is 25.0 Å². The molecule has 1 atom stereocenters. The molecular formula is C20H22F2N6O2S. The van der Waals surface area contributed by atoms with Crippen molar-refractivity contribution in [3.05, 3.63) is 30.0 Å². The summed E-state index contributed by atoms with van der Waals surface area (Å²) in [6, 6.07) is 4.61. The molecule has 1 aromatic heterocycles. The predicted octanol–water partition coefficient (Wildman–Crippen LogP) is 2.20. The summed E-state index contributed by atoms with van der Waals surface area (Å²) in [5.41, 5.74) is 12.1. The molecule has 11 heteroatoms. The first kappa shape index (κ1) is 20.4. The largest absolute Gasteiger partial charge is 0.381 e. The van der Waals surface area contributed by atoms with Crippen LogP contribution in [0.2, 0.25) is 0 Å². The molecule has 0 radical (unpaired) electrons. The van der Waals surface area contributed by atoms with Crippen LogP contribution in [-0.4, -0.2) is 48.2 Å². The van der Waals surface area contributed by atoms with Crippen LogP contribution in [0.1, 0.15) is 18.4 Å². The highest BCUT2D eigenvalue weighted by Gasteiger charge is 2.50. The number of amides is 1. The zero-order chi connectivity index (χ0) is 21.8. The van der Waals surface area contributed by atoms with E-state index in [1.807, 2.05) is 0 Å². The molecule has 0 saturated carbocycles. The van der Waals surface area contributed by atoms with Crippen molar-refractivity contribution in [3.63, 3.8) is 0 Å². The number of piperidine rings is 1. The fourth-order valence-electron chi connectivity index (χ4n) is 4.45. The monoisotopic (exact) mass is 448 g/mol. The number of fused-ring (bicyclic) bond motifs is 1. The number of halogens is 2. The number of alkyl halides is 2. The van der Waals surface area contributed by atoms with Crippen molar-refractivity contribution < 1.29 is 18.3 Å². The zero-order valence-corrected chi connectivity index (χ0v) is 17.4. The predicted molar refractivity (Wildman–Crippen MR) is 112 cm³/mol. The zero-order valence-electron chi connectivity index (χ0n) is 16.6. The summed E-state index contributed by atoms with van der Waals surface area (Å²) < 4.78 is 34.2. The van der Waals surface area contributed by atoms with Crippen LogP contribution in [0, 0.1) is 5.41 Å². The molecule has 164 valence electrons. The molecule has 0 aliphatic carbocycles. The van der Waals surface area contributed by atoms with Gasteiger partial charge in [0.1, 0.15) is 10.8 Å². The first-order chi connectivity index (χ1) is 14.8. The van der Waals surface area contributed by atoms with Crippen LogP contribution in [0.4, 0.5) is 26.1 Å². The standard InChI is InChI=1S/C20H22F2N6O2S/c21-20(22)15-11(26-18(20)29)2-1-3-12(15)31-17-16(24)27-14(8-25-17)28-6-4-19(5-7-28)10-30-9-13(19)23/h1-3,8,13H,4-7,9-10,23H2,(H2,24,27)(H,26,29)/t13-/m1/s1. The van der Waals surface area contributed by atoms with E-state index in [0.29, 0.717) is 24.1 Å². The molecule has 3 aliphatic rings. The van der Waals surface area contributed by atoms with Crippen molar-refractivity contribution in [3.8, 4) is 0 Å². The van der Waals surface area contributed by atoms with E-state index in [1.54, 1.807) is 12.3 Å². The number of benzene rings is 1. The molecule has 5 rings (SSSR count). The van der Waals surface area contributed by atoms with E-state index < -0.39 is 11.8 Å². The summed E-state index contributed by atoms with van der Waals surface area (Å²) >= 11 is 0.972. The van der Waals surface area contributed by atoms with Crippen molar-refractivity contribution in [2.75, 3.05) is 42.3 Å². The van der Waals surface area contributed by atoms with Crippen molar-refractivity contribution in [2.24, 2.45) is 11.1 Å². The third-order valence-electron chi connectivity index (χ3n) is 6.39. The molecule has 1 aromatic carbocycles. The maximum absolute atomic E-state index is 14.3. The maximum Gasteiger partial charge on any atom is 0.353 e. The molecule has 2 saturated heterocycles. The van der Waals surface area contributed by atoms with Gasteiger partial charge in [0.15, 0.2) is 5.82 Å². The average molecular weight is 448 g/mol. The van der Waals surface area contributed by atoms with Gasteiger partial charge in [0, 0.05) is 29.4 Å². The van der Waals surface area contributed by atoms with Gasteiger partial charge >= 0.3 is 5.92 Å². The molecule has 5 N–H and O–H groups in total. The van der Waals surface area contributed by atoms with E-state index in [1.165, 1.54) is 12.1 Å². The minimum atomic E-state index is -3.60. The van der Waals surface area contributed by atoms with Gasteiger partial charge in [0.2, 0.25) is 0 Å². The van der Waals surface area contributed by atoms with Gasteiger partial charge < -0.3 is 26.4 Å². The smallest absolute Gasteiger partial charge is 0.353 e. The number of nitrogen functional groups attached to an aromatic ring is 1. The van der Waals surface area contributed by atoms with E-state index >= 15 is 0 Å². The quantitative estimate of drug-likeness (QED) is 0.654. The van der Waals surface area contributed by atoms with E-state index in [4.69, 9.17) is 16.2 Å². The van der Waals surface area contributed by atoms with E-state index in [2.05, 4.69) is 20.2 Å². The highest BCUT2D eigenvalue weighted by atomic mass is 32.2. The number of anilines is 3. The third kappa shape index (κ3) is 3.31. The van der Waals surface area contributed by atoms with E-state index in [9.17, 15) is 13.6 Å². The lowest BCUT2D eigenvalue weighted by molar-refractivity contribution is -0.139. The second kappa shape index (κ2) is 7.28. The van der Waals surface area contributed by atoms with Crippen LogP contribution in [0.25, 0.3) is 0 Å². The SMILES string of the molecule is Nc1nc(N2CCC3(CC2)COC[C@H]3N)cnc1Sc1cccc2c1C(F)(F)C(=O)N2. The van der Waals surface area contributed by atoms with Gasteiger partial charge in [-0.25, -0.2) is 9.97 Å². The number of ether oxygens (including phenoxy) is 1. The van der Waals surface area contributed by atoms with Gasteiger partial charge in [-0.15, -0.1) is 0 Å². The fraction of sp³-hybridized carbons (Fsp3) is 0.450. The lowest BCUT2D eigenvalue weighted by Gasteiger charge is -2.41. The second-order valence-electron chi connectivity index (χ2n) is 8.20. The van der Waals surface area contributed by atoms with Crippen LogP contribution in [0.3, 0.4) is 0 Å². The summed E-state index contributed by atoms with van der Waals surface area (Å²) in [6.07, 6.45) is 3.41. The molecular weight excluding hydrogens is 426 g/mol. The van der Waals surface area contributed by atoms with Crippen LogP contribution in [-0.2, 0) is 15.5 Å². The summed E-state index contributed by atoms with van der Waals surface area (Å²) in [7, 11) is 0. The number of nitrogens with two attached hydrogens (primary N) is 2. The Morgan fingerprint density at radius 1 is 1.29 bits per heavy atom. The first-order valence-electron chi connectivity index (χ1n) is 10.0. The Morgan fingerprint density at radius 2 is 2.06 bits per heavy atom. The number of carbonyl (C=O) groups excluding carboxylic acids is 1. The molecule has 3 aliphatic heterocycles. The summed E-state index contributed by atoms with van der Waals surface area (Å²) in [4.78, 5) is 22.8. The molecule has 1 spiro atoms. The number of aromatic nitrogens is 2. The normalized spacial score (nSPS) is 23.8. The molecule has 4 heterocycles.